The average molecular weight is 273 g/mol. The van der Waals surface area contributed by atoms with Crippen LogP contribution < -0.4 is 10.1 Å². The molecule has 1 fully saturated rings. The summed E-state index contributed by atoms with van der Waals surface area (Å²) in [6, 6.07) is 6.63. The van der Waals surface area contributed by atoms with Gasteiger partial charge >= 0.3 is 0 Å². The minimum atomic E-state index is 0.137. The van der Waals surface area contributed by atoms with Gasteiger partial charge in [-0.15, -0.1) is 0 Å². The number of benzene rings is 1. The molecule has 1 saturated heterocycles. The fourth-order valence-electron chi connectivity index (χ4n) is 4.86. The van der Waals surface area contributed by atoms with Crippen LogP contribution in [0.25, 0.3) is 0 Å². The number of hydrogen-bond acceptors (Lipinski definition) is 2. The van der Waals surface area contributed by atoms with Crippen LogP contribution in [-0.4, -0.2) is 19.2 Å². The summed E-state index contributed by atoms with van der Waals surface area (Å²) >= 11 is 0. The molecule has 0 saturated carbocycles. The molecule has 2 aliphatic rings. The van der Waals surface area contributed by atoms with Gasteiger partial charge in [-0.05, 0) is 44.7 Å². The summed E-state index contributed by atoms with van der Waals surface area (Å²) < 4.78 is 5.72. The van der Waals surface area contributed by atoms with E-state index in [0.717, 1.165) is 12.3 Å². The average Bonchev–Trinajstić information content (AvgIpc) is 2.74. The SMILES string of the molecule is CCC12CNC(C)(C)C(CC)(C1)c1cccc(OC)c12. The molecule has 2 atom stereocenters. The highest BCUT2D eigenvalue weighted by molar-refractivity contribution is 5.57. The largest absolute Gasteiger partial charge is 0.496 e. The third-order valence-corrected chi connectivity index (χ3v) is 6.28. The zero-order valence-corrected chi connectivity index (χ0v) is 13.5. The first kappa shape index (κ1) is 13.9. The Morgan fingerprint density at radius 2 is 1.95 bits per heavy atom. The smallest absolute Gasteiger partial charge is 0.122 e. The zero-order chi connectivity index (χ0) is 14.6. The second-order valence-corrected chi connectivity index (χ2v) is 7.11. The fraction of sp³-hybridized carbons (Fsp3) is 0.667. The standard InChI is InChI=1S/C18H27NO/c1-6-17-11-18(7-2,16(3,4)19-12-17)13-9-8-10-14(20-5)15(13)17/h8-10,19H,6-7,11-12H2,1-5H3. The van der Waals surface area contributed by atoms with Gasteiger partial charge in [-0.2, -0.15) is 0 Å². The normalized spacial score (nSPS) is 33.9. The Labute approximate surface area is 122 Å². The van der Waals surface area contributed by atoms with E-state index >= 15 is 0 Å². The Hall–Kier alpha value is -1.02. The van der Waals surface area contributed by atoms with Gasteiger partial charge in [0, 0.05) is 28.5 Å². The molecule has 1 aromatic rings. The minimum absolute atomic E-state index is 0.137. The highest BCUT2D eigenvalue weighted by atomic mass is 16.5. The molecule has 1 N–H and O–H groups in total. The highest BCUT2D eigenvalue weighted by Gasteiger charge is 2.61. The molecule has 0 amide bonds. The Kier molecular flexibility index (Phi) is 2.95. The van der Waals surface area contributed by atoms with Gasteiger partial charge < -0.3 is 10.1 Å². The summed E-state index contributed by atoms with van der Waals surface area (Å²) in [6.45, 7) is 10.5. The van der Waals surface area contributed by atoms with E-state index in [1.165, 1.54) is 30.4 Å². The van der Waals surface area contributed by atoms with Crippen molar-refractivity contribution in [3.8, 4) is 5.75 Å². The van der Waals surface area contributed by atoms with Crippen molar-refractivity contribution >= 4 is 0 Å². The number of hydrogen-bond donors (Lipinski definition) is 1. The van der Waals surface area contributed by atoms with Gasteiger partial charge in [0.05, 0.1) is 7.11 Å². The van der Waals surface area contributed by atoms with Crippen molar-refractivity contribution in [3.63, 3.8) is 0 Å². The predicted molar refractivity (Wildman–Crippen MR) is 83.6 cm³/mol. The molecule has 2 heteroatoms. The lowest BCUT2D eigenvalue weighted by molar-refractivity contribution is 0.107. The van der Waals surface area contributed by atoms with Gasteiger partial charge in [-0.25, -0.2) is 0 Å². The van der Waals surface area contributed by atoms with E-state index in [-0.39, 0.29) is 16.4 Å². The van der Waals surface area contributed by atoms with Crippen molar-refractivity contribution in [1.82, 2.24) is 5.32 Å². The molecule has 2 bridgehead atoms. The molecular weight excluding hydrogens is 246 g/mol. The van der Waals surface area contributed by atoms with Crippen LogP contribution in [0.15, 0.2) is 18.2 Å². The second-order valence-electron chi connectivity index (χ2n) is 7.11. The number of methoxy groups -OCH3 is 1. The van der Waals surface area contributed by atoms with Crippen LogP contribution in [0.4, 0.5) is 0 Å². The maximum atomic E-state index is 5.72. The zero-order valence-electron chi connectivity index (χ0n) is 13.5. The van der Waals surface area contributed by atoms with Crippen molar-refractivity contribution in [1.29, 1.82) is 0 Å². The van der Waals surface area contributed by atoms with E-state index < -0.39 is 0 Å². The number of nitrogens with one attached hydrogen (secondary N) is 1. The van der Waals surface area contributed by atoms with Gasteiger partial charge in [0.1, 0.15) is 5.75 Å². The predicted octanol–water partition coefficient (Wildman–Crippen LogP) is 3.78. The monoisotopic (exact) mass is 273 g/mol. The maximum absolute atomic E-state index is 5.72. The third-order valence-electron chi connectivity index (χ3n) is 6.28. The molecule has 1 aromatic carbocycles. The van der Waals surface area contributed by atoms with Crippen LogP contribution in [0.1, 0.15) is 58.1 Å². The number of fused-ring (bicyclic) bond motifs is 5. The van der Waals surface area contributed by atoms with E-state index in [1.54, 1.807) is 7.11 Å². The molecule has 20 heavy (non-hydrogen) atoms. The van der Waals surface area contributed by atoms with Crippen molar-refractivity contribution in [2.24, 2.45) is 0 Å². The molecule has 1 heterocycles. The Bertz CT molecular complexity index is 536. The molecule has 3 rings (SSSR count). The van der Waals surface area contributed by atoms with Crippen LogP contribution in [0.5, 0.6) is 5.75 Å². The minimum Gasteiger partial charge on any atom is -0.496 e. The number of ether oxygens (including phenoxy) is 1. The summed E-state index contributed by atoms with van der Waals surface area (Å²) in [4.78, 5) is 0. The first-order valence-electron chi connectivity index (χ1n) is 7.89. The van der Waals surface area contributed by atoms with Crippen LogP contribution in [0.3, 0.4) is 0 Å². The Morgan fingerprint density at radius 1 is 1.20 bits per heavy atom. The number of piperidine rings is 1. The first-order valence-corrected chi connectivity index (χ1v) is 7.89. The molecule has 1 aliphatic heterocycles. The summed E-state index contributed by atoms with van der Waals surface area (Å²) in [5.41, 5.74) is 3.61. The highest BCUT2D eigenvalue weighted by Crippen LogP contribution is 2.61. The summed E-state index contributed by atoms with van der Waals surface area (Å²) in [7, 11) is 1.80. The van der Waals surface area contributed by atoms with Crippen LogP contribution in [0.2, 0.25) is 0 Å². The van der Waals surface area contributed by atoms with E-state index in [4.69, 9.17) is 4.74 Å². The fourth-order valence-corrected chi connectivity index (χ4v) is 4.86. The lowest BCUT2D eigenvalue weighted by Crippen LogP contribution is -2.62. The van der Waals surface area contributed by atoms with Crippen molar-refractivity contribution < 1.29 is 4.74 Å². The van der Waals surface area contributed by atoms with Gasteiger partial charge in [-0.1, -0.05) is 26.0 Å². The van der Waals surface area contributed by atoms with Gasteiger partial charge in [0.2, 0.25) is 0 Å². The summed E-state index contributed by atoms with van der Waals surface area (Å²) in [5.74, 6) is 1.08. The van der Waals surface area contributed by atoms with Gasteiger partial charge in [0.15, 0.2) is 0 Å². The van der Waals surface area contributed by atoms with E-state index in [2.05, 4.69) is 51.2 Å². The molecule has 0 spiro atoms. The van der Waals surface area contributed by atoms with Crippen molar-refractivity contribution in [2.45, 2.75) is 63.3 Å². The lowest BCUT2D eigenvalue weighted by atomic mass is 9.61. The van der Waals surface area contributed by atoms with Gasteiger partial charge in [-0.3, -0.25) is 0 Å². The van der Waals surface area contributed by atoms with Crippen LogP contribution in [0, 0.1) is 0 Å². The van der Waals surface area contributed by atoms with E-state index in [9.17, 15) is 0 Å². The quantitative estimate of drug-likeness (QED) is 0.905. The van der Waals surface area contributed by atoms with E-state index in [0.29, 0.717) is 0 Å². The Morgan fingerprint density at radius 3 is 2.55 bits per heavy atom. The molecule has 0 radical (unpaired) electrons. The van der Waals surface area contributed by atoms with Crippen molar-refractivity contribution in [2.75, 3.05) is 13.7 Å². The van der Waals surface area contributed by atoms with Crippen molar-refractivity contribution in [3.05, 3.63) is 29.3 Å². The van der Waals surface area contributed by atoms with Gasteiger partial charge in [0.25, 0.3) is 0 Å². The molecule has 1 aliphatic carbocycles. The molecule has 2 unspecified atom stereocenters. The summed E-state index contributed by atoms with van der Waals surface area (Å²) in [5, 5.41) is 3.85. The topological polar surface area (TPSA) is 21.3 Å². The Balaban J connectivity index is 2.32. The first-order chi connectivity index (χ1) is 9.46. The van der Waals surface area contributed by atoms with Crippen LogP contribution in [-0.2, 0) is 10.8 Å². The molecule has 0 aromatic heterocycles. The molecule has 2 nitrogen and oxygen atoms in total. The summed E-state index contributed by atoms with van der Waals surface area (Å²) in [6.07, 6.45) is 3.60. The van der Waals surface area contributed by atoms with Crippen LogP contribution >= 0.6 is 0 Å². The van der Waals surface area contributed by atoms with E-state index in [1.807, 2.05) is 0 Å². The molecule has 110 valence electrons. The number of rotatable bonds is 3. The third kappa shape index (κ3) is 1.43. The maximum Gasteiger partial charge on any atom is 0.122 e. The molecular formula is C18H27NO. The second kappa shape index (κ2) is 4.24. The lowest BCUT2D eigenvalue weighted by Gasteiger charge is -2.51.